The Morgan fingerprint density at radius 3 is 2.20 bits per heavy atom. The summed E-state index contributed by atoms with van der Waals surface area (Å²) in [7, 11) is 0. The van der Waals surface area contributed by atoms with Gasteiger partial charge in [-0.15, -0.1) is 12.4 Å². The standard InChI is InChI=1S/C14H20F2N2O.ClH/c1-14(2,3)12(17)13(19)18-5-4-9-6-10(15)8-11(16)7-9;/h6-8,12H,4-5,17H2,1-3H3,(H,18,19);1H/t12-;/m1./s1. The third-order valence-corrected chi connectivity index (χ3v) is 2.85. The van der Waals surface area contributed by atoms with E-state index >= 15 is 0 Å². The summed E-state index contributed by atoms with van der Waals surface area (Å²) in [5.74, 6) is -1.50. The van der Waals surface area contributed by atoms with E-state index in [-0.39, 0.29) is 23.7 Å². The van der Waals surface area contributed by atoms with Crippen LogP contribution < -0.4 is 11.1 Å². The average Bonchev–Trinajstić information content (AvgIpc) is 2.25. The second-order valence-corrected chi connectivity index (χ2v) is 5.66. The zero-order valence-corrected chi connectivity index (χ0v) is 12.7. The fourth-order valence-corrected chi connectivity index (χ4v) is 1.59. The predicted octanol–water partition coefficient (Wildman–Crippen LogP) is 2.42. The molecule has 1 rings (SSSR count). The Hall–Kier alpha value is -1.20. The van der Waals surface area contributed by atoms with Crippen molar-refractivity contribution >= 4 is 18.3 Å². The third kappa shape index (κ3) is 5.84. The van der Waals surface area contributed by atoms with Gasteiger partial charge in [0.1, 0.15) is 11.6 Å². The van der Waals surface area contributed by atoms with Gasteiger partial charge >= 0.3 is 0 Å². The molecular formula is C14H21ClF2N2O. The first-order valence-corrected chi connectivity index (χ1v) is 6.18. The molecule has 0 radical (unpaired) electrons. The number of nitrogens with two attached hydrogens (primary N) is 1. The predicted molar refractivity (Wildman–Crippen MR) is 77.8 cm³/mol. The summed E-state index contributed by atoms with van der Waals surface area (Å²) in [4.78, 5) is 11.7. The lowest BCUT2D eigenvalue weighted by molar-refractivity contribution is -0.124. The van der Waals surface area contributed by atoms with E-state index < -0.39 is 17.7 Å². The molecule has 3 N–H and O–H groups in total. The summed E-state index contributed by atoms with van der Waals surface area (Å²) >= 11 is 0. The van der Waals surface area contributed by atoms with Crippen molar-refractivity contribution in [3.63, 3.8) is 0 Å². The molecule has 1 amide bonds. The molecule has 1 aromatic rings. The van der Waals surface area contributed by atoms with E-state index in [1.165, 1.54) is 12.1 Å². The van der Waals surface area contributed by atoms with Crippen LogP contribution in [0.4, 0.5) is 8.78 Å². The van der Waals surface area contributed by atoms with Crippen molar-refractivity contribution in [1.29, 1.82) is 0 Å². The molecule has 0 aromatic heterocycles. The average molecular weight is 307 g/mol. The number of halogens is 3. The summed E-state index contributed by atoms with van der Waals surface area (Å²) in [6.07, 6.45) is 0.358. The highest BCUT2D eigenvalue weighted by molar-refractivity contribution is 5.85. The van der Waals surface area contributed by atoms with Crippen LogP contribution in [0.25, 0.3) is 0 Å². The van der Waals surface area contributed by atoms with Crippen molar-refractivity contribution < 1.29 is 13.6 Å². The maximum Gasteiger partial charge on any atom is 0.237 e. The van der Waals surface area contributed by atoms with E-state index in [0.29, 0.717) is 18.5 Å². The van der Waals surface area contributed by atoms with Gasteiger partial charge in [0.15, 0.2) is 0 Å². The Kier molecular flexibility index (Phi) is 7.09. The number of hydrogen-bond donors (Lipinski definition) is 2. The van der Waals surface area contributed by atoms with Crippen LogP contribution in [0.2, 0.25) is 0 Å². The van der Waals surface area contributed by atoms with E-state index in [1.54, 1.807) is 0 Å². The van der Waals surface area contributed by atoms with Crippen molar-refractivity contribution in [2.24, 2.45) is 11.1 Å². The molecule has 1 atom stereocenters. The third-order valence-electron chi connectivity index (χ3n) is 2.85. The lowest BCUT2D eigenvalue weighted by atomic mass is 9.87. The van der Waals surface area contributed by atoms with Gasteiger partial charge in [-0.25, -0.2) is 8.78 Å². The monoisotopic (exact) mass is 306 g/mol. The Morgan fingerprint density at radius 1 is 1.25 bits per heavy atom. The van der Waals surface area contributed by atoms with Gasteiger partial charge in [-0.05, 0) is 29.5 Å². The minimum atomic E-state index is -0.618. The molecule has 0 saturated carbocycles. The number of nitrogens with one attached hydrogen (secondary N) is 1. The van der Waals surface area contributed by atoms with Gasteiger partial charge in [0, 0.05) is 12.6 Å². The summed E-state index contributed by atoms with van der Waals surface area (Å²) in [6, 6.07) is 2.70. The topological polar surface area (TPSA) is 55.1 Å². The van der Waals surface area contributed by atoms with Gasteiger partial charge in [-0.1, -0.05) is 20.8 Å². The normalized spacial score (nSPS) is 12.5. The molecule has 0 aliphatic rings. The molecule has 0 saturated heterocycles. The van der Waals surface area contributed by atoms with Crippen LogP contribution in [0.5, 0.6) is 0 Å². The van der Waals surface area contributed by atoms with Crippen LogP contribution in [0.3, 0.4) is 0 Å². The van der Waals surface area contributed by atoms with Crippen molar-refractivity contribution in [1.82, 2.24) is 5.32 Å². The van der Waals surface area contributed by atoms with Crippen LogP contribution in [0, 0.1) is 17.0 Å². The quantitative estimate of drug-likeness (QED) is 0.897. The molecule has 0 spiro atoms. The van der Waals surface area contributed by atoms with Gasteiger partial charge in [-0.2, -0.15) is 0 Å². The highest BCUT2D eigenvalue weighted by Crippen LogP contribution is 2.17. The van der Waals surface area contributed by atoms with Gasteiger partial charge in [0.25, 0.3) is 0 Å². The number of rotatable bonds is 4. The van der Waals surface area contributed by atoms with Gasteiger partial charge in [-0.3, -0.25) is 4.79 Å². The van der Waals surface area contributed by atoms with Gasteiger partial charge in [0.05, 0.1) is 6.04 Å². The SMILES string of the molecule is CC(C)(C)[C@H](N)C(=O)NCCc1cc(F)cc(F)c1.Cl. The molecule has 0 heterocycles. The Balaban J connectivity index is 0.00000361. The zero-order chi connectivity index (χ0) is 14.6. The summed E-state index contributed by atoms with van der Waals surface area (Å²) in [5, 5.41) is 2.67. The maximum absolute atomic E-state index is 13.0. The Labute approximate surface area is 124 Å². The molecule has 0 aliphatic heterocycles. The fraction of sp³-hybridized carbons (Fsp3) is 0.500. The molecule has 0 fully saturated rings. The molecule has 0 unspecified atom stereocenters. The smallest absolute Gasteiger partial charge is 0.237 e. The van der Waals surface area contributed by atoms with E-state index in [4.69, 9.17) is 5.73 Å². The Bertz CT molecular complexity index is 441. The lowest BCUT2D eigenvalue weighted by Crippen LogP contribution is -2.48. The van der Waals surface area contributed by atoms with Crippen LogP contribution in [0.1, 0.15) is 26.3 Å². The molecule has 0 aliphatic carbocycles. The van der Waals surface area contributed by atoms with E-state index in [0.717, 1.165) is 6.07 Å². The van der Waals surface area contributed by atoms with Crippen molar-refractivity contribution in [3.8, 4) is 0 Å². The summed E-state index contributed by atoms with van der Waals surface area (Å²) < 4.78 is 25.9. The minimum absolute atomic E-state index is 0. The van der Waals surface area contributed by atoms with Crippen molar-refractivity contribution in [3.05, 3.63) is 35.4 Å². The largest absolute Gasteiger partial charge is 0.354 e. The molecule has 20 heavy (non-hydrogen) atoms. The highest BCUT2D eigenvalue weighted by Gasteiger charge is 2.26. The molecule has 114 valence electrons. The Morgan fingerprint density at radius 2 is 1.75 bits per heavy atom. The van der Waals surface area contributed by atoms with Crippen LogP contribution in [-0.2, 0) is 11.2 Å². The lowest BCUT2D eigenvalue weighted by Gasteiger charge is -2.25. The van der Waals surface area contributed by atoms with Gasteiger partial charge in [0.2, 0.25) is 5.91 Å². The fourth-order valence-electron chi connectivity index (χ4n) is 1.59. The number of carbonyl (C=O) groups excluding carboxylic acids is 1. The first kappa shape index (κ1) is 18.8. The zero-order valence-electron chi connectivity index (χ0n) is 11.9. The number of hydrogen-bond acceptors (Lipinski definition) is 2. The van der Waals surface area contributed by atoms with Crippen LogP contribution in [-0.4, -0.2) is 18.5 Å². The van der Waals surface area contributed by atoms with Crippen molar-refractivity contribution in [2.45, 2.75) is 33.2 Å². The van der Waals surface area contributed by atoms with E-state index in [1.807, 2.05) is 20.8 Å². The second kappa shape index (κ2) is 7.55. The highest BCUT2D eigenvalue weighted by atomic mass is 35.5. The minimum Gasteiger partial charge on any atom is -0.354 e. The second-order valence-electron chi connectivity index (χ2n) is 5.66. The molecule has 3 nitrogen and oxygen atoms in total. The van der Waals surface area contributed by atoms with Crippen molar-refractivity contribution in [2.75, 3.05) is 6.54 Å². The van der Waals surface area contributed by atoms with E-state index in [9.17, 15) is 13.6 Å². The number of amides is 1. The van der Waals surface area contributed by atoms with E-state index in [2.05, 4.69) is 5.32 Å². The molecular weight excluding hydrogens is 286 g/mol. The van der Waals surface area contributed by atoms with Gasteiger partial charge < -0.3 is 11.1 Å². The van der Waals surface area contributed by atoms with Crippen LogP contribution >= 0.6 is 12.4 Å². The summed E-state index contributed by atoms with van der Waals surface area (Å²) in [5.41, 5.74) is 5.97. The number of benzene rings is 1. The maximum atomic E-state index is 13.0. The number of carbonyl (C=O) groups is 1. The van der Waals surface area contributed by atoms with Crippen LogP contribution in [0.15, 0.2) is 18.2 Å². The summed E-state index contributed by atoms with van der Waals surface area (Å²) in [6.45, 7) is 5.92. The first-order chi connectivity index (χ1) is 8.70. The molecule has 1 aromatic carbocycles. The molecule has 6 heteroatoms. The molecule has 0 bridgehead atoms. The first-order valence-electron chi connectivity index (χ1n) is 6.18.